The molecule has 3 rings (SSSR count). The van der Waals surface area contributed by atoms with Crippen LogP contribution in [-0.2, 0) is 14.8 Å². The largest absolute Gasteiger partial charge is 0.368 e. The van der Waals surface area contributed by atoms with Crippen LogP contribution < -0.4 is 5.73 Å². The van der Waals surface area contributed by atoms with Gasteiger partial charge in [0.25, 0.3) is 0 Å². The number of hydrogen-bond acceptors (Lipinski definition) is 4. The first-order valence-corrected chi connectivity index (χ1v) is 8.52. The predicted molar refractivity (Wildman–Crippen MR) is 82.6 cm³/mol. The maximum Gasteiger partial charge on any atom is 0.245 e. The first-order chi connectivity index (χ1) is 10.4. The summed E-state index contributed by atoms with van der Waals surface area (Å²) in [4.78, 5) is 15.9. The van der Waals surface area contributed by atoms with Gasteiger partial charge in [-0.3, -0.25) is 9.78 Å². The van der Waals surface area contributed by atoms with E-state index in [0.717, 1.165) is 10.9 Å². The highest BCUT2D eigenvalue weighted by molar-refractivity contribution is 7.89. The van der Waals surface area contributed by atoms with Crippen LogP contribution in [-0.4, -0.2) is 36.2 Å². The minimum atomic E-state index is -3.80. The minimum Gasteiger partial charge on any atom is -0.368 e. The number of aromatic nitrogens is 1. The van der Waals surface area contributed by atoms with Crippen molar-refractivity contribution in [2.24, 2.45) is 5.73 Å². The van der Waals surface area contributed by atoms with Gasteiger partial charge in [-0.2, -0.15) is 4.31 Å². The van der Waals surface area contributed by atoms with Gasteiger partial charge >= 0.3 is 0 Å². The number of aryl methyl sites for hydroxylation is 1. The zero-order valence-electron chi connectivity index (χ0n) is 12.2. The molecule has 116 valence electrons. The van der Waals surface area contributed by atoms with Gasteiger partial charge in [-0.05, 0) is 37.5 Å². The van der Waals surface area contributed by atoms with E-state index >= 15 is 0 Å². The molecule has 0 bridgehead atoms. The lowest BCUT2D eigenvalue weighted by Crippen LogP contribution is -2.43. The van der Waals surface area contributed by atoms with Crippen LogP contribution in [0.15, 0.2) is 35.4 Å². The SMILES string of the molecule is Cc1cnc2c(S(=O)(=O)N3CCC[C@@H]3C(N)=O)cccc2c1. The van der Waals surface area contributed by atoms with E-state index in [1.165, 1.54) is 10.4 Å². The van der Waals surface area contributed by atoms with Crippen LogP contribution >= 0.6 is 0 Å². The number of primary amides is 1. The highest BCUT2D eigenvalue weighted by atomic mass is 32.2. The third kappa shape index (κ3) is 2.36. The molecule has 22 heavy (non-hydrogen) atoms. The fourth-order valence-electron chi connectivity index (χ4n) is 2.89. The summed E-state index contributed by atoms with van der Waals surface area (Å²) in [7, 11) is -3.80. The van der Waals surface area contributed by atoms with Crippen molar-refractivity contribution in [3.05, 3.63) is 36.0 Å². The van der Waals surface area contributed by atoms with E-state index in [9.17, 15) is 13.2 Å². The van der Waals surface area contributed by atoms with Crippen molar-refractivity contribution in [1.82, 2.24) is 9.29 Å². The Bertz CT molecular complexity index is 848. The van der Waals surface area contributed by atoms with Crippen LogP contribution in [0.1, 0.15) is 18.4 Å². The maximum absolute atomic E-state index is 12.9. The Balaban J connectivity index is 2.15. The molecular formula is C15H17N3O3S. The summed E-state index contributed by atoms with van der Waals surface area (Å²) in [6, 6.07) is 6.15. The molecule has 1 aromatic heterocycles. The quantitative estimate of drug-likeness (QED) is 0.919. The van der Waals surface area contributed by atoms with E-state index in [1.54, 1.807) is 12.3 Å². The standard InChI is InChI=1S/C15H17N3O3S/c1-10-8-11-4-2-6-13(14(11)17-9-10)22(20,21)18-7-3-5-12(18)15(16)19/h2,4,6,8-9,12H,3,5,7H2,1H3,(H2,16,19)/t12-/m1/s1. The van der Waals surface area contributed by atoms with Crippen molar-refractivity contribution in [2.75, 3.05) is 6.54 Å². The van der Waals surface area contributed by atoms with Crippen LogP contribution in [0.2, 0.25) is 0 Å². The average molecular weight is 319 g/mol. The molecule has 2 N–H and O–H groups in total. The molecule has 0 saturated carbocycles. The molecule has 2 aromatic rings. The number of fused-ring (bicyclic) bond motifs is 1. The number of benzene rings is 1. The fourth-order valence-corrected chi connectivity index (χ4v) is 4.72. The summed E-state index contributed by atoms with van der Waals surface area (Å²) in [6.07, 6.45) is 2.73. The van der Waals surface area contributed by atoms with Crippen molar-refractivity contribution in [1.29, 1.82) is 0 Å². The monoisotopic (exact) mass is 319 g/mol. The smallest absolute Gasteiger partial charge is 0.245 e. The van der Waals surface area contributed by atoms with Gasteiger partial charge in [0.05, 0.1) is 5.52 Å². The number of rotatable bonds is 3. The molecule has 0 unspecified atom stereocenters. The van der Waals surface area contributed by atoms with Crippen LogP contribution in [0.4, 0.5) is 0 Å². The van der Waals surface area contributed by atoms with E-state index in [0.29, 0.717) is 24.9 Å². The number of carbonyl (C=O) groups is 1. The fraction of sp³-hybridized carbons (Fsp3) is 0.333. The van der Waals surface area contributed by atoms with E-state index in [1.807, 2.05) is 19.1 Å². The molecule has 7 heteroatoms. The maximum atomic E-state index is 12.9. The number of amides is 1. The molecule has 6 nitrogen and oxygen atoms in total. The lowest BCUT2D eigenvalue weighted by Gasteiger charge is -2.22. The zero-order chi connectivity index (χ0) is 15.9. The van der Waals surface area contributed by atoms with Gasteiger partial charge in [-0.1, -0.05) is 12.1 Å². The first kappa shape index (κ1) is 14.9. The molecular weight excluding hydrogens is 302 g/mol. The lowest BCUT2D eigenvalue weighted by molar-refractivity contribution is -0.121. The second-order valence-corrected chi connectivity index (χ2v) is 7.38. The molecule has 1 aromatic carbocycles. The third-order valence-electron chi connectivity index (χ3n) is 3.93. The third-order valence-corrected chi connectivity index (χ3v) is 5.87. The topological polar surface area (TPSA) is 93.4 Å². The normalized spacial score (nSPS) is 19.6. The molecule has 1 atom stereocenters. The number of carbonyl (C=O) groups excluding carboxylic acids is 1. The van der Waals surface area contributed by atoms with Crippen molar-refractivity contribution < 1.29 is 13.2 Å². The van der Waals surface area contributed by atoms with Gasteiger partial charge < -0.3 is 5.73 Å². The molecule has 0 radical (unpaired) electrons. The van der Waals surface area contributed by atoms with Gasteiger partial charge in [0.2, 0.25) is 15.9 Å². The number of para-hydroxylation sites is 1. The Morgan fingerprint density at radius 3 is 2.91 bits per heavy atom. The Morgan fingerprint density at radius 1 is 1.41 bits per heavy atom. The molecule has 1 saturated heterocycles. The summed E-state index contributed by atoms with van der Waals surface area (Å²) < 4.78 is 27.1. The average Bonchev–Trinajstić information content (AvgIpc) is 2.96. The first-order valence-electron chi connectivity index (χ1n) is 7.08. The van der Waals surface area contributed by atoms with Gasteiger partial charge in [0.15, 0.2) is 0 Å². The van der Waals surface area contributed by atoms with Crippen molar-refractivity contribution in [3.63, 3.8) is 0 Å². The van der Waals surface area contributed by atoms with E-state index < -0.39 is 22.0 Å². The number of nitrogens with zero attached hydrogens (tertiary/aromatic N) is 2. The molecule has 0 aliphatic carbocycles. The molecule has 2 heterocycles. The second kappa shape index (κ2) is 5.33. The number of sulfonamides is 1. The van der Waals surface area contributed by atoms with Gasteiger partial charge in [0.1, 0.15) is 10.9 Å². The molecule has 1 aliphatic rings. The zero-order valence-corrected chi connectivity index (χ0v) is 13.0. The second-order valence-electron chi connectivity index (χ2n) is 5.52. The highest BCUT2D eigenvalue weighted by Gasteiger charge is 2.39. The van der Waals surface area contributed by atoms with Gasteiger partial charge in [0, 0.05) is 18.1 Å². The Morgan fingerprint density at radius 2 is 2.18 bits per heavy atom. The van der Waals surface area contributed by atoms with Crippen LogP contribution in [0.5, 0.6) is 0 Å². The van der Waals surface area contributed by atoms with Crippen LogP contribution in [0.25, 0.3) is 10.9 Å². The molecule has 1 aliphatic heterocycles. The molecule has 1 amide bonds. The van der Waals surface area contributed by atoms with Crippen molar-refractivity contribution in [3.8, 4) is 0 Å². The van der Waals surface area contributed by atoms with Gasteiger partial charge in [-0.15, -0.1) is 0 Å². The summed E-state index contributed by atoms with van der Waals surface area (Å²) in [5.74, 6) is -0.606. The Kier molecular flexibility index (Phi) is 3.62. The summed E-state index contributed by atoms with van der Waals surface area (Å²) in [6.45, 7) is 2.20. The van der Waals surface area contributed by atoms with E-state index in [2.05, 4.69) is 4.98 Å². The molecule has 0 spiro atoms. The van der Waals surface area contributed by atoms with Gasteiger partial charge in [-0.25, -0.2) is 8.42 Å². The summed E-state index contributed by atoms with van der Waals surface area (Å²) in [5.41, 5.74) is 6.71. The van der Waals surface area contributed by atoms with Crippen molar-refractivity contribution >= 4 is 26.8 Å². The number of pyridine rings is 1. The minimum absolute atomic E-state index is 0.123. The highest BCUT2D eigenvalue weighted by Crippen LogP contribution is 2.29. The Hall–Kier alpha value is -1.99. The predicted octanol–water partition coefficient (Wildman–Crippen LogP) is 1.18. The number of hydrogen-bond donors (Lipinski definition) is 1. The van der Waals surface area contributed by atoms with Crippen LogP contribution in [0.3, 0.4) is 0 Å². The molecule has 1 fully saturated rings. The van der Waals surface area contributed by atoms with Crippen LogP contribution in [0, 0.1) is 6.92 Å². The number of nitrogens with two attached hydrogens (primary N) is 1. The summed E-state index contributed by atoms with van der Waals surface area (Å²) >= 11 is 0. The lowest BCUT2D eigenvalue weighted by atomic mass is 10.2. The van der Waals surface area contributed by atoms with Crippen molar-refractivity contribution in [2.45, 2.75) is 30.7 Å². The van der Waals surface area contributed by atoms with E-state index in [4.69, 9.17) is 5.73 Å². The van der Waals surface area contributed by atoms with E-state index in [-0.39, 0.29) is 4.90 Å². The Labute approximate surface area is 129 Å². The summed E-state index contributed by atoms with van der Waals surface area (Å²) in [5, 5.41) is 0.760.